The fraction of sp³-hybridized carbons (Fsp3) is 0. The molecule has 3 heterocycles. The lowest BCUT2D eigenvalue weighted by atomic mass is 9.89. The van der Waals surface area contributed by atoms with Crippen molar-refractivity contribution in [1.82, 2.24) is 29.9 Å². The van der Waals surface area contributed by atoms with Crippen LogP contribution in [0.4, 0.5) is 0 Å². The van der Waals surface area contributed by atoms with Crippen LogP contribution < -0.4 is 0 Å². The third-order valence-corrected chi connectivity index (χ3v) is 4.98. The molecule has 0 fully saturated rings. The first-order valence-electron chi connectivity index (χ1n) is 9.72. The Hall–Kier alpha value is -6.60. The predicted octanol–water partition coefficient (Wildman–Crippen LogP) is 2.43. The Morgan fingerprint density at radius 2 is 0.722 bits per heavy atom. The molecule has 2 aromatic carbocycles. The average molecular weight is 462 g/mol. The minimum atomic E-state index is -0.355. The van der Waals surface area contributed by atoms with E-state index in [1.54, 1.807) is 67.4 Å². The summed E-state index contributed by atoms with van der Waals surface area (Å²) in [6.45, 7) is 0. The summed E-state index contributed by atoms with van der Waals surface area (Å²) < 4.78 is 0. The van der Waals surface area contributed by atoms with Gasteiger partial charge >= 0.3 is 0 Å². The molecule has 0 unspecified atom stereocenters. The van der Waals surface area contributed by atoms with Crippen LogP contribution in [0, 0.1) is 68.0 Å². The highest BCUT2D eigenvalue weighted by Gasteiger charge is 2.24. The van der Waals surface area contributed by atoms with Gasteiger partial charge in [0.1, 0.15) is 70.3 Å². The average Bonchev–Trinajstić information content (AvgIpc) is 2.95. The molecule has 3 aromatic heterocycles. The fourth-order valence-corrected chi connectivity index (χ4v) is 3.51. The molecular formula is C24H6N12. The van der Waals surface area contributed by atoms with Crippen LogP contribution in [0.5, 0.6) is 0 Å². The summed E-state index contributed by atoms with van der Waals surface area (Å²) in [5.41, 5.74) is 1.54. The van der Waals surface area contributed by atoms with Gasteiger partial charge in [0.25, 0.3) is 0 Å². The number of nitrogens with zero attached hydrogens (tertiary/aromatic N) is 12. The zero-order valence-electron chi connectivity index (χ0n) is 17.8. The van der Waals surface area contributed by atoms with E-state index in [0.29, 0.717) is 5.52 Å². The van der Waals surface area contributed by atoms with Crippen LogP contribution in [0.15, 0.2) is 37.3 Å². The topological polar surface area (TPSA) is 220 Å². The molecule has 0 aliphatic carbocycles. The summed E-state index contributed by atoms with van der Waals surface area (Å²) in [5.74, 6) is 0. The molecular weight excluding hydrogens is 456 g/mol. The molecule has 0 aliphatic rings. The van der Waals surface area contributed by atoms with Gasteiger partial charge in [-0.25, -0.2) is 9.97 Å². The summed E-state index contributed by atoms with van der Waals surface area (Å²) in [4.78, 5) is 25.7. The third kappa shape index (κ3) is 3.45. The van der Waals surface area contributed by atoms with E-state index < -0.39 is 0 Å². The Kier molecular flexibility index (Phi) is 5.95. The fourth-order valence-electron chi connectivity index (χ4n) is 3.51. The van der Waals surface area contributed by atoms with Crippen LogP contribution in [0.1, 0.15) is 33.4 Å². The predicted molar refractivity (Wildman–Crippen MR) is 120 cm³/mol. The van der Waals surface area contributed by atoms with Crippen molar-refractivity contribution >= 4 is 33.0 Å². The normalized spacial score (nSPS) is 9.50. The molecule has 12 heteroatoms. The maximum absolute atomic E-state index is 8.91. The Labute approximate surface area is 201 Å². The Balaban J connectivity index is 0.000000169. The van der Waals surface area contributed by atoms with Gasteiger partial charge < -0.3 is 0 Å². The van der Waals surface area contributed by atoms with Crippen LogP contribution in [0.25, 0.3) is 33.0 Å². The molecule has 5 aromatic rings. The monoisotopic (exact) mass is 462 g/mol. The largest absolute Gasteiger partial charge is 0.252 e. The lowest BCUT2D eigenvalue weighted by Crippen LogP contribution is -2.03. The summed E-state index contributed by atoms with van der Waals surface area (Å²) >= 11 is 0. The van der Waals surface area contributed by atoms with Crippen molar-refractivity contribution in [3.05, 3.63) is 70.7 Å². The van der Waals surface area contributed by atoms with Gasteiger partial charge in [-0.1, -0.05) is 0 Å². The number of hydrogen-bond acceptors (Lipinski definition) is 12. The van der Waals surface area contributed by atoms with Gasteiger partial charge in [0.2, 0.25) is 0 Å². The van der Waals surface area contributed by atoms with E-state index in [2.05, 4.69) is 29.9 Å². The quantitative estimate of drug-likeness (QED) is 0.303. The van der Waals surface area contributed by atoms with Gasteiger partial charge in [-0.05, 0) is 0 Å². The summed E-state index contributed by atoms with van der Waals surface area (Å²) in [5, 5.41) is 54.3. The molecule has 0 aliphatic heterocycles. The molecule has 0 N–H and O–H groups in total. The first-order chi connectivity index (χ1) is 17.6. The molecule has 12 nitrogen and oxygen atoms in total. The van der Waals surface area contributed by atoms with Crippen molar-refractivity contribution in [2.24, 2.45) is 0 Å². The van der Waals surface area contributed by atoms with Crippen LogP contribution in [0.3, 0.4) is 0 Å². The van der Waals surface area contributed by atoms with E-state index in [4.69, 9.17) is 31.6 Å². The van der Waals surface area contributed by atoms with Gasteiger partial charge in [0, 0.05) is 36.4 Å². The highest BCUT2D eigenvalue weighted by atomic mass is 14.9. The highest BCUT2D eigenvalue weighted by Crippen LogP contribution is 2.28. The van der Waals surface area contributed by atoms with E-state index >= 15 is 0 Å². The maximum Gasteiger partial charge on any atom is 0.119 e. The molecule has 0 radical (unpaired) electrons. The Morgan fingerprint density at radius 1 is 0.417 bits per heavy atom. The van der Waals surface area contributed by atoms with Gasteiger partial charge in [-0.15, -0.1) is 0 Å². The van der Waals surface area contributed by atoms with E-state index in [0.717, 1.165) is 27.5 Å². The van der Waals surface area contributed by atoms with E-state index in [9.17, 15) is 0 Å². The summed E-state index contributed by atoms with van der Waals surface area (Å²) in [7, 11) is 0. The van der Waals surface area contributed by atoms with E-state index in [-0.39, 0.29) is 33.4 Å². The lowest BCUT2D eigenvalue weighted by molar-refractivity contribution is 1.21. The van der Waals surface area contributed by atoms with Crippen LogP contribution >= 0.6 is 0 Å². The minimum Gasteiger partial charge on any atom is -0.252 e. The van der Waals surface area contributed by atoms with Crippen LogP contribution in [-0.2, 0) is 0 Å². The van der Waals surface area contributed by atoms with Crippen molar-refractivity contribution in [1.29, 1.82) is 31.6 Å². The van der Waals surface area contributed by atoms with Crippen molar-refractivity contribution < 1.29 is 0 Å². The first-order valence-corrected chi connectivity index (χ1v) is 9.72. The van der Waals surface area contributed by atoms with Crippen molar-refractivity contribution in [2.45, 2.75) is 0 Å². The Bertz CT molecular complexity index is 1550. The number of rotatable bonds is 0. The molecule has 0 amide bonds. The van der Waals surface area contributed by atoms with Crippen molar-refractivity contribution in [2.75, 3.05) is 0 Å². The van der Waals surface area contributed by atoms with Crippen molar-refractivity contribution in [3.63, 3.8) is 0 Å². The first kappa shape index (κ1) is 22.6. The van der Waals surface area contributed by atoms with Gasteiger partial charge in [0.05, 0.1) is 33.4 Å². The summed E-state index contributed by atoms with van der Waals surface area (Å²) in [6.07, 6.45) is 9.81. The second-order valence-electron chi connectivity index (χ2n) is 6.71. The third-order valence-electron chi connectivity index (χ3n) is 4.98. The molecule has 36 heavy (non-hydrogen) atoms. The maximum atomic E-state index is 8.91. The molecule has 162 valence electrons. The second-order valence-corrected chi connectivity index (χ2v) is 6.71. The number of aromatic nitrogens is 6. The molecule has 0 spiro atoms. The smallest absolute Gasteiger partial charge is 0.119 e. The standard InChI is InChI=1S/C12H6N6.C12N6/c1-2-15-10-8(14-1)7-5-13-6-18-9(7)11-12(10)17-4-3-16-11;13-1-7-8(2-14)10(4-16)12(6-18)11(5-17)9(7)3-15/h1-6H;. The van der Waals surface area contributed by atoms with Crippen LogP contribution in [-0.4, -0.2) is 29.9 Å². The number of fused-ring (bicyclic) bond motifs is 6. The SMILES string of the molecule is N#Cc1c(C#N)c(C#N)c(C#N)c(C#N)c1C#N.c1cnc2c(n1)c1cncnc1c1nccnc21. The van der Waals surface area contributed by atoms with Gasteiger partial charge in [0.15, 0.2) is 0 Å². The molecule has 0 atom stereocenters. The van der Waals surface area contributed by atoms with E-state index in [1.165, 1.54) is 6.33 Å². The van der Waals surface area contributed by atoms with Gasteiger partial charge in [-0.3, -0.25) is 19.9 Å². The second kappa shape index (κ2) is 9.49. The highest BCUT2D eigenvalue weighted by molar-refractivity contribution is 6.18. The zero-order chi connectivity index (χ0) is 25.7. The lowest BCUT2D eigenvalue weighted by Gasteiger charge is -2.05. The molecule has 5 rings (SSSR count). The minimum absolute atomic E-state index is 0.355. The summed E-state index contributed by atoms with van der Waals surface area (Å²) in [6, 6.07) is 9.66. The van der Waals surface area contributed by atoms with Gasteiger partial charge in [-0.2, -0.15) is 31.6 Å². The van der Waals surface area contributed by atoms with E-state index in [1.807, 2.05) is 0 Å². The molecule has 0 bridgehead atoms. The number of nitriles is 6. The molecule has 0 saturated heterocycles. The number of benzene rings is 2. The molecule has 0 saturated carbocycles. The number of hydrogen-bond donors (Lipinski definition) is 0. The Morgan fingerprint density at radius 3 is 1.08 bits per heavy atom. The van der Waals surface area contributed by atoms with Crippen molar-refractivity contribution in [3.8, 4) is 36.4 Å². The van der Waals surface area contributed by atoms with Crippen LogP contribution in [0.2, 0.25) is 0 Å². The zero-order valence-corrected chi connectivity index (χ0v) is 17.8.